The van der Waals surface area contributed by atoms with Gasteiger partial charge in [-0.2, -0.15) is 0 Å². The van der Waals surface area contributed by atoms with Crippen molar-refractivity contribution >= 4 is 40.9 Å². The third kappa shape index (κ3) is 5.14. The quantitative estimate of drug-likeness (QED) is 0.296. The molecule has 30 heavy (non-hydrogen) atoms. The number of nitrogens with zero attached hydrogens (tertiary/aromatic N) is 4. The zero-order valence-electron chi connectivity index (χ0n) is 17.9. The van der Waals surface area contributed by atoms with Crippen LogP contribution in [-0.4, -0.2) is 26.8 Å². The average molecular weight is 522 g/mol. The van der Waals surface area contributed by atoms with E-state index in [1.165, 1.54) is 37.7 Å². The Bertz CT molecular complexity index is 1000. The van der Waals surface area contributed by atoms with E-state index < -0.39 is 0 Å². The summed E-state index contributed by atoms with van der Waals surface area (Å²) >= 11 is 0. The van der Waals surface area contributed by atoms with E-state index in [2.05, 4.69) is 33.8 Å². The van der Waals surface area contributed by atoms with Gasteiger partial charge in [-0.25, -0.2) is 4.99 Å². The molecular formula is C22H31IN6O. The van der Waals surface area contributed by atoms with Gasteiger partial charge in [-0.3, -0.25) is 0 Å². The first-order valence-corrected chi connectivity index (χ1v) is 10.5. The minimum Gasteiger partial charge on any atom is -0.459 e. The van der Waals surface area contributed by atoms with Crippen molar-refractivity contribution in [3.05, 3.63) is 47.2 Å². The van der Waals surface area contributed by atoms with E-state index in [1.807, 2.05) is 36.7 Å². The van der Waals surface area contributed by atoms with Crippen molar-refractivity contribution in [1.29, 1.82) is 0 Å². The van der Waals surface area contributed by atoms with E-state index in [0.717, 1.165) is 34.3 Å². The van der Waals surface area contributed by atoms with Crippen LogP contribution in [0.2, 0.25) is 0 Å². The van der Waals surface area contributed by atoms with E-state index in [0.29, 0.717) is 19.1 Å². The lowest BCUT2D eigenvalue weighted by molar-refractivity contribution is 0.408. The molecule has 0 bridgehead atoms. The second kappa shape index (κ2) is 10.3. The maximum Gasteiger partial charge on any atom is 0.192 e. The molecule has 1 aliphatic carbocycles. The molecule has 2 aromatic heterocycles. The van der Waals surface area contributed by atoms with Crippen LogP contribution in [0.3, 0.4) is 0 Å². The van der Waals surface area contributed by atoms with Crippen LogP contribution in [0.25, 0.3) is 11.0 Å². The standard InChI is InChI=1S/C22H30N6O.HI/c1-15-18-11-7-8-12-19(18)29-20(15)13-23-22(25-17-9-5-4-6-10-17)24-14-21-27-26-16(2)28(21)3;/h7-8,11-12,17H,4-6,9-10,13-14H2,1-3H3,(H2,23,24,25);1H. The van der Waals surface area contributed by atoms with Gasteiger partial charge < -0.3 is 19.6 Å². The van der Waals surface area contributed by atoms with Crippen molar-refractivity contribution in [3.63, 3.8) is 0 Å². The molecule has 0 saturated heterocycles. The van der Waals surface area contributed by atoms with Gasteiger partial charge >= 0.3 is 0 Å². The monoisotopic (exact) mass is 522 g/mol. The fourth-order valence-electron chi connectivity index (χ4n) is 3.89. The Hall–Kier alpha value is -2.10. The minimum atomic E-state index is 0. The van der Waals surface area contributed by atoms with Crippen LogP contribution in [0.1, 0.15) is 55.1 Å². The van der Waals surface area contributed by atoms with Crippen molar-refractivity contribution in [2.24, 2.45) is 12.0 Å². The number of aromatic nitrogens is 3. The predicted molar refractivity (Wildman–Crippen MR) is 130 cm³/mol. The number of para-hydroxylation sites is 1. The number of halogens is 1. The molecule has 1 saturated carbocycles. The van der Waals surface area contributed by atoms with Crippen molar-refractivity contribution < 1.29 is 4.42 Å². The highest BCUT2D eigenvalue weighted by atomic mass is 127. The second-order valence-electron chi connectivity index (χ2n) is 7.87. The minimum absolute atomic E-state index is 0. The highest BCUT2D eigenvalue weighted by Gasteiger charge is 2.16. The summed E-state index contributed by atoms with van der Waals surface area (Å²) in [5, 5.41) is 16.6. The Labute approximate surface area is 194 Å². The Morgan fingerprint density at radius 3 is 2.63 bits per heavy atom. The first-order chi connectivity index (χ1) is 14.1. The van der Waals surface area contributed by atoms with Gasteiger partial charge in [0.2, 0.25) is 0 Å². The normalized spacial score (nSPS) is 15.2. The van der Waals surface area contributed by atoms with Gasteiger partial charge in [-0.05, 0) is 32.8 Å². The van der Waals surface area contributed by atoms with Gasteiger partial charge in [0, 0.05) is 24.0 Å². The highest BCUT2D eigenvalue weighted by molar-refractivity contribution is 14.0. The summed E-state index contributed by atoms with van der Waals surface area (Å²) in [4.78, 5) is 4.79. The zero-order valence-corrected chi connectivity index (χ0v) is 20.3. The Morgan fingerprint density at radius 1 is 1.17 bits per heavy atom. The van der Waals surface area contributed by atoms with E-state index in [-0.39, 0.29) is 24.0 Å². The van der Waals surface area contributed by atoms with E-state index in [9.17, 15) is 0 Å². The number of benzene rings is 1. The number of hydrogen-bond donors (Lipinski definition) is 2. The molecule has 0 radical (unpaired) electrons. The number of nitrogens with one attached hydrogen (secondary N) is 2. The molecule has 2 N–H and O–H groups in total. The molecule has 1 fully saturated rings. The molecule has 2 heterocycles. The van der Waals surface area contributed by atoms with E-state index >= 15 is 0 Å². The second-order valence-corrected chi connectivity index (χ2v) is 7.87. The molecule has 0 amide bonds. The molecule has 0 aliphatic heterocycles. The number of guanidine groups is 1. The van der Waals surface area contributed by atoms with Gasteiger partial charge in [0.05, 0.1) is 6.54 Å². The predicted octanol–water partition coefficient (Wildman–Crippen LogP) is 4.36. The summed E-state index contributed by atoms with van der Waals surface area (Å²) in [6, 6.07) is 8.62. The Balaban J connectivity index is 0.00000256. The van der Waals surface area contributed by atoms with Crippen molar-refractivity contribution in [3.8, 4) is 0 Å². The van der Waals surface area contributed by atoms with Crippen molar-refractivity contribution in [2.45, 2.75) is 65.1 Å². The molecular weight excluding hydrogens is 491 g/mol. The topological polar surface area (TPSA) is 80.3 Å². The average Bonchev–Trinajstić information content (AvgIpc) is 3.24. The van der Waals surface area contributed by atoms with Gasteiger partial charge in [-0.15, -0.1) is 34.2 Å². The number of hydrogen-bond acceptors (Lipinski definition) is 4. The molecule has 1 aliphatic rings. The Kier molecular flexibility index (Phi) is 7.74. The van der Waals surface area contributed by atoms with Gasteiger partial charge in [0.1, 0.15) is 23.7 Å². The molecule has 0 unspecified atom stereocenters. The third-order valence-corrected chi connectivity index (χ3v) is 5.87. The lowest BCUT2D eigenvalue weighted by Gasteiger charge is -2.25. The lowest BCUT2D eigenvalue weighted by atomic mass is 9.96. The highest BCUT2D eigenvalue weighted by Crippen LogP contribution is 2.24. The Morgan fingerprint density at radius 2 is 1.93 bits per heavy atom. The first-order valence-electron chi connectivity index (χ1n) is 10.5. The number of aliphatic imine (C=N–C) groups is 1. The summed E-state index contributed by atoms with van der Waals surface area (Å²) in [5.74, 6) is 3.49. The molecule has 4 rings (SSSR count). The summed E-state index contributed by atoms with van der Waals surface area (Å²) in [5.41, 5.74) is 2.10. The summed E-state index contributed by atoms with van der Waals surface area (Å²) in [7, 11) is 1.97. The number of aryl methyl sites for hydroxylation is 2. The van der Waals surface area contributed by atoms with E-state index in [1.54, 1.807) is 0 Å². The maximum absolute atomic E-state index is 6.05. The first kappa shape index (κ1) is 22.6. The smallest absolute Gasteiger partial charge is 0.192 e. The third-order valence-electron chi connectivity index (χ3n) is 5.87. The van der Waals surface area contributed by atoms with E-state index in [4.69, 9.17) is 9.41 Å². The van der Waals surface area contributed by atoms with Crippen molar-refractivity contribution in [1.82, 2.24) is 25.4 Å². The lowest BCUT2D eigenvalue weighted by Crippen LogP contribution is -2.44. The molecule has 0 atom stereocenters. The van der Waals surface area contributed by atoms with Crippen molar-refractivity contribution in [2.75, 3.05) is 0 Å². The number of furan rings is 1. The van der Waals surface area contributed by atoms with Crippen LogP contribution in [0.4, 0.5) is 0 Å². The fraction of sp³-hybridized carbons (Fsp3) is 0.500. The molecule has 1 aromatic carbocycles. The molecule has 0 spiro atoms. The van der Waals surface area contributed by atoms with Crippen LogP contribution in [0, 0.1) is 13.8 Å². The van der Waals surface area contributed by atoms with Gasteiger partial charge in [-0.1, -0.05) is 37.5 Å². The molecule has 8 heteroatoms. The molecule has 3 aromatic rings. The number of rotatable bonds is 5. The SMILES string of the molecule is Cc1c(CNC(=NCc2nnc(C)n2C)NC2CCCCC2)oc2ccccc12.I. The van der Waals surface area contributed by atoms with Crippen LogP contribution >= 0.6 is 24.0 Å². The summed E-state index contributed by atoms with van der Waals surface area (Å²) in [6.45, 7) is 5.13. The largest absolute Gasteiger partial charge is 0.459 e. The van der Waals surface area contributed by atoms with Crippen LogP contribution < -0.4 is 10.6 Å². The van der Waals surface area contributed by atoms with Crippen LogP contribution in [0.5, 0.6) is 0 Å². The maximum atomic E-state index is 6.05. The zero-order chi connectivity index (χ0) is 20.2. The van der Waals surface area contributed by atoms with Crippen LogP contribution in [0.15, 0.2) is 33.7 Å². The summed E-state index contributed by atoms with van der Waals surface area (Å²) in [6.07, 6.45) is 6.25. The molecule has 7 nitrogen and oxygen atoms in total. The van der Waals surface area contributed by atoms with Crippen LogP contribution in [-0.2, 0) is 20.1 Å². The van der Waals surface area contributed by atoms with Gasteiger partial charge in [0.25, 0.3) is 0 Å². The molecule has 162 valence electrons. The van der Waals surface area contributed by atoms with Gasteiger partial charge in [0.15, 0.2) is 11.8 Å². The fourth-order valence-corrected chi connectivity index (χ4v) is 3.89. The number of fused-ring (bicyclic) bond motifs is 1. The summed E-state index contributed by atoms with van der Waals surface area (Å²) < 4.78 is 8.03.